The van der Waals surface area contributed by atoms with Crippen molar-refractivity contribution in [3.63, 3.8) is 0 Å². The van der Waals surface area contributed by atoms with Gasteiger partial charge in [-0.3, -0.25) is 9.59 Å². The summed E-state index contributed by atoms with van der Waals surface area (Å²) in [7, 11) is 0. The number of benzene rings is 2. The fourth-order valence-corrected chi connectivity index (χ4v) is 3.79. The zero-order valence-electron chi connectivity index (χ0n) is 16.4. The molecular formula is C23H21NO6. The Morgan fingerprint density at radius 1 is 1.00 bits per heavy atom. The van der Waals surface area contributed by atoms with Crippen LogP contribution < -0.4 is 18.9 Å². The molecule has 0 radical (unpaired) electrons. The smallest absolute Gasteiger partial charge is 0.260 e. The van der Waals surface area contributed by atoms with Gasteiger partial charge in [0, 0.05) is 19.2 Å². The molecule has 0 bridgehead atoms. The lowest BCUT2D eigenvalue weighted by atomic mass is 10.1. The number of hydrogen-bond acceptors (Lipinski definition) is 6. The molecule has 0 atom stereocenters. The highest BCUT2D eigenvalue weighted by atomic mass is 16.7. The summed E-state index contributed by atoms with van der Waals surface area (Å²) < 4.78 is 22.1. The Balaban J connectivity index is 1.27. The van der Waals surface area contributed by atoms with Crippen molar-refractivity contribution < 1.29 is 28.5 Å². The molecular weight excluding hydrogens is 386 g/mol. The molecule has 3 heterocycles. The summed E-state index contributed by atoms with van der Waals surface area (Å²) >= 11 is 0. The quantitative estimate of drug-likeness (QED) is 0.723. The number of nitrogens with zero attached hydrogens (tertiary/aromatic N) is 1. The molecule has 0 saturated carbocycles. The van der Waals surface area contributed by atoms with Crippen molar-refractivity contribution >= 4 is 17.8 Å². The highest BCUT2D eigenvalue weighted by Gasteiger charge is 2.28. The largest absolute Gasteiger partial charge is 0.484 e. The molecule has 7 heteroatoms. The van der Waals surface area contributed by atoms with Gasteiger partial charge in [-0.2, -0.15) is 0 Å². The fourth-order valence-electron chi connectivity index (χ4n) is 3.79. The number of carbonyl (C=O) groups excluding carboxylic acids is 2. The molecule has 3 aliphatic rings. The number of amides is 1. The van der Waals surface area contributed by atoms with Crippen molar-refractivity contribution in [3.8, 4) is 23.0 Å². The molecule has 2 aromatic carbocycles. The van der Waals surface area contributed by atoms with Gasteiger partial charge in [0.2, 0.25) is 12.6 Å². The maximum absolute atomic E-state index is 12.7. The van der Waals surface area contributed by atoms with Crippen LogP contribution in [0.1, 0.15) is 35.2 Å². The normalized spacial score (nSPS) is 18.3. The number of ether oxygens (including phenoxy) is 4. The first-order chi connectivity index (χ1) is 14.7. The van der Waals surface area contributed by atoms with Crippen molar-refractivity contribution in [1.29, 1.82) is 0 Å². The van der Waals surface area contributed by atoms with Crippen LogP contribution in [0.5, 0.6) is 23.0 Å². The van der Waals surface area contributed by atoms with Crippen LogP contribution in [0.2, 0.25) is 0 Å². The molecule has 1 fully saturated rings. The molecule has 0 unspecified atom stereocenters. The molecule has 1 saturated heterocycles. The average molecular weight is 407 g/mol. The summed E-state index contributed by atoms with van der Waals surface area (Å²) in [6.45, 7) is 1.75. The number of Topliss-reactive ketones (excluding diaryl/α,β-unsaturated/α-hetero) is 1. The van der Waals surface area contributed by atoms with E-state index in [1.807, 2.05) is 11.0 Å². The second-order valence-electron chi connectivity index (χ2n) is 7.44. The predicted octanol–water partition coefficient (Wildman–Crippen LogP) is 3.42. The second-order valence-corrected chi connectivity index (χ2v) is 7.44. The van der Waals surface area contributed by atoms with Crippen LogP contribution in [0.3, 0.4) is 0 Å². The average Bonchev–Trinajstić information content (AvgIpc) is 3.36. The Labute approximate surface area is 173 Å². The van der Waals surface area contributed by atoms with Crippen LogP contribution in [-0.4, -0.2) is 43.1 Å². The van der Waals surface area contributed by atoms with Crippen LogP contribution in [0, 0.1) is 0 Å². The van der Waals surface area contributed by atoms with E-state index in [2.05, 4.69) is 0 Å². The number of fused-ring (bicyclic) bond motifs is 2. The summed E-state index contributed by atoms with van der Waals surface area (Å²) in [5.74, 6) is 2.26. The van der Waals surface area contributed by atoms with Crippen molar-refractivity contribution in [2.45, 2.75) is 19.3 Å². The maximum atomic E-state index is 12.7. The van der Waals surface area contributed by atoms with Gasteiger partial charge in [-0.25, -0.2) is 0 Å². The number of ketones is 1. The fraction of sp³-hybridized carbons (Fsp3) is 0.304. The lowest BCUT2D eigenvalue weighted by molar-refractivity contribution is -0.134. The third-order valence-corrected chi connectivity index (χ3v) is 5.41. The van der Waals surface area contributed by atoms with E-state index in [1.165, 1.54) is 6.42 Å². The Hall–Kier alpha value is -3.48. The van der Waals surface area contributed by atoms with Gasteiger partial charge in [-0.1, -0.05) is 6.07 Å². The first-order valence-corrected chi connectivity index (χ1v) is 10.1. The van der Waals surface area contributed by atoms with E-state index in [9.17, 15) is 9.59 Å². The SMILES string of the molecule is O=C1C(=Cc2ccc3c(c2)OCO3)Oc2cc(OCC(=O)N3CCCCC3)ccc21. The van der Waals surface area contributed by atoms with E-state index in [0.29, 0.717) is 28.6 Å². The van der Waals surface area contributed by atoms with Crippen molar-refractivity contribution in [1.82, 2.24) is 4.90 Å². The summed E-state index contributed by atoms with van der Waals surface area (Å²) in [6.07, 6.45) is 4.92. The standard InChI is InChI=1S/C23H21NO6/c25-22(24-8-2-1-3-9-24)13-27-16-5-6-17-19(12-16)30-21(23(17)26)11-15-4-7-18-20(10-15)29-14-28-18/h4-7,10-12H,1-3,8-9,13-14H2. The zero-order chi connectivity index (χ0) is 20.5. The first-order valence-electron chi connectivity index (χ1n) is 10.1. The molecule has 5 rings (SSSR count). The van der Waals surface area contributed by atoms with Gasteiger partial charge in [0.25, 0.3) is 5.91 Å². The van der Waals surface area contributed by atoms with Gasteiger partial charge < -0.3 is 23.8 Å². The summed E-state index contributed by atoms with van der Waals surface area (Å²) in [6, 6.07) is 10.4. The van der Waals surface area contributed by atoms with E-state index >= 15 is 0 Å². The number of rotatable bonds is 4. The van der Waals surface area contributed by atoms with Gasteiger partial charge in [0.1, 0.15) is 11.5 Å². The van der Waals surface area contributed by atoms with Crippen LogP contribution in [-0.2, 0) is 4.79 Å². The minimum atomic E-state index is -0.196. The summed E-state index contributed by atoms with van der Waals surface area (Å²) in [5, 5.41) is 0. The van der Waals surface area contributed by atoms with Crippen LogP contribution in [0.4, 0.5) is 0 Å². The van der Waals surface area contributed by atoms with E-state index in [1.54, 1.807) is 36.4 Å². The van der Waals surface area contributed by atoms with E-state index < -0.39 is 0 Å². The van der Waals surface area contributed by atoms with Gasteiger partial charge >= 0.3 is 0 Å². The van der Waals surface area contributed by atoms with Gasteiger partial charge in [-0.05, 0) is 55.2 Å². The number of allylic oxidation sites excluding steroid dienone is 1. The van der Waals surface area contributed by atoms with Crippen LogP contribution in [0.25, 0.3) is 6.08 Å². The molecule has 0 aromatic heterocycles. The minimum absolute atomic E-state index is 0.0180. The maximum Gasteiger partial charge on any atom is 0.260 e. The first kappa shape index (κ1) is 18.5. The Morgan fingerprint density at radius 3 is 2.70 bits per heavy atom. The van der Waals surface area contributed by atoms with Crippen molar-refractivity contribution in [2.24, 2.45) is 0 Å². The predicted molar refractivity (Wildman–Crippen MR) is 108 cm³/mol. The number of carbonyl (C=O) groups is 2. The number of piperidine rings is 1. The second kappa shape index (κ2) is 7.74. The lowest BCUT2D eigenvalue weighted by Crippen LogP contribution is -2.38. The van der Waals surface area contributed by atoms with E-state index in [4.69, 9.17) is 18.9 Å². The third-order valence-electron chi connectivity index (χ3n) is 5.41. The van der Waals surface area contributed by atoms with Gasteiger partial charge in [0.05, 0.1) is 5.56 Å². The van der Waals surface area contributed by atoms with Crippen molar-refractivity contribution in [3.05, 3.63) is 53.3 Å². The molecule has 0 aliphatic carbocycles. The van der Waals surface area contributed by atoms with Crippen molar-refractivity contribution in [2.75, 3.05) is 26.5 Å². The monoisotopic (exact) mass is 407 g/mol. The third kappa shape index (κ3) is 3.58. The molecule has 154 valence electrons. The molecule has 30 heavy (non-hydrogen) atoms. The number of hydrogen-bond donors (Lipinski definition) is 0. The Kier molecular flexibility index (Phi) is 4.78. The Bertz CT molecular complexity index is 1040. The molecule has 1 amide bonds. The summed E-state index contributed by atoms with van der Waals surface area (Å²) in [5.41, 5.74) is 1.25. The zero-order valence-corrected chi connectivity index (χ0v) is 16.4. The van der Waals surface area contributed by atoms with Crippen LogP contribution >= 0.6 is 0 Å². The van der Waals surface area contributed by atoms with Gasteiger partial charge in [0.15, 0.2) is 23.9 Å². The topological polar surface area (TPSA) is 74.3 Å². The lowest BCUT2D eigenvalue weighted by Gasteiger charge is -2.26. The summed E-state index contributed by atoms with van der Waals surface area (Å²) in [4.78, 5) is 26.8. The number of likely N-dealkylation sites (tertiary alicyclic amines) is 1. The van der Waals surface area contributed by atoms with E-state index in [0.717, 1.165) is 31.5 Å². The highest BCUT2D eigenvalue weighted by molar-refractivity contribution is 6.14. The van der Waals surface area contributed by atoms with E-state index in [-0.39, 0.29) is 30.8 Å². The molecule has 2 aromatic rings. The molecule has 0 spiro atoms. The minimum Gasteiger partial charge on any atom is -0.484 e. The highest BCUT2D eigenvalue weighted by Crippen LogP contribution is 2.37. The van der Waals surface area contributed by atoms with Crippen LogP contribution in [0.15, 0.2) is 42.2 Å². The Morgan fingerprint density at radius 2 is 1.83 bits per heavy atom. The molecule has 7 nitrogen and oxygen atoms in total. The molecule has 0 N–H and O–H groups in total. The molecule has 3 aliphatic heterocycles. The van der Waals surface area contributed by atoms with Gasteiger partial charge in [-0.15, -0.1) is 0 Å².